The molecule has 57 heavy (non-hydrogen) atoms. The molecule has 4 rings (SSSR count). The zero-order chi connectivity index (χ0) is 44.0. The van der Waals surface area contributed by atoms with E-state index in [1.165, 1.54) is 0 Å². The van der Waals surface area contributed by atoms with E-state index in [2.05, 4.69) is 135 Å². The van der Waals surface area contributed by atoms with E-state index >= 15 is 0 Å². The standard InChI is InChI=1S/C42H86O11Si4/c1-37(2,3)54(17,18)44-26-28(51-55(19,20)38(4,5)6)30-32(52-56(21,22)39(7,8)9)34(53-57(23,24)40(10,11)12)35(45-30)47-31-29(27-25-43-41(13,14)48-27)46-36-33(31)49-42(15,16)50-36/h27-36H,25-26H2,1-24H3/t27-,28-,29-,30+,31+,32+,33-,34-,35+,36-/m1/s1. The molecule has 10 atom stereocenters. The summed E-state index contributed by atoms with van der Waals surface area (Å²) in [5, 5.41) is -0.239. The molecule has 4 aliphatic heterocycles. The molecule has 0 aliphatic carbocycles. The topological polar surface area (TPSA) is 102 Å². The van der Waals surface area contributed by atoms with Gasteiger partial charge in [0.05, 0.1) is 19.3 Å². The van der Waals surface area contributed by atoms with Crippen LogP contribution in [0.3, 0.4) is 0 Å². The van der Waals surface area contributed by atoms with Crippen molar-refractivity contribution in [2.75, 3.05) is 13.2 Å². The van der Waals surface area contributed by atoms with Gasteiger partial charge >= 0.3 is 0 Å². The molecule has 0 spiro atoms. The van der Waals surface area contributed by atoms with Crippen LogP contribution in [0, 0.1) is 0 Å². The zero-order valence-electron chi connectivity index (χ0n) is 40.7. The maximum atomic E-state index is 7.59. The van der Waals surface area contributed by atoms with Gasteiger partial charge in [0.1, 0.15) is 42.7 Å². The molecule has 0 bridgehead atoms. The molecule has 0 radical (unpaired) electrons. The molecule has 336 valence electrons. The van der Waals surface area contributed by atoms with Crippen LogP contribution in [0.2, 0.25) is 72.5 Å². The maximum absolute atomic E-state index is 7.59. The number of fused-ring (bicyclic) bond motifs is 1. The lowest BCUT2D eigenvalue weighted by molar-refractivity contribution is -0.261. The summed E-state index contributed by atoms with van der Waals surface area (Å²) >= 11 is 0. The first-order chi connectivity index (χ1) is 25.2. The van der Waals surface area contributed by atoms with Crippen LogP contribution in [0.5, 0.6) is 0 Å². The van der Waals surface area contributed by atoms with Gasteiger partial charge in [-0.25, -0.2) is 0 Å². The van der Waals surface area contributed by atoms with Crippen LogP contribution in [0.15, 0.2) is 0 Å². The van der Waals surface area contributed by atoms with Gasteiger partial charge < -0.3 is 50.9 Å². The highest BCUT2D eigenvalue weighted by Crippen LogP contribution is 2.49. The number of ether oxygens (including phenoxy) is 7. The third kappa shape index (κ3) is 11.2. The summed E-state index contributed by atoms with van der Waals surface area (Å²) in [4.78, 5) is 0. The van der Waals surface area contributed by atoms with Crippen molar-refractivity contribution in [3.8, 4) is 0 Å². The predicted octanol–water partition coefficient (Wildman–Crippen LogP) is 10.3. The largest absolute Gasteiger partial charge is 0.414 e. The number of hydrogen-bond donors (Lipinski definition) is 0. The molecule has 4 heterocycles. The molecular formula is C42H86O11Si4. The lowest BCUT2D eigenvalue weighted by Gasteiger charge is -2.46. The Morgan fingerprint density at radius 1 is 0.561 bits per heavy atom. The van der Waals surface area contributed by atoms with E-state index in [9.17, 15) is 0 Å². The molecule has 0 N–H and O–H groups in total. The van der Waals surface area contributed by atoms with Gasteiger partial charge in [0.15, 0.2) is 57.4 Å². The molecule has 0 amide bonds. The van der Waals surface area contributed by atoms with Crippen molar-refractivity contribution in [2.45, 2.75) is 256 Å². The van der Waals surface area contributed by atoms with Gasteiger partial charge in [-0.2, -0.15) is 0 Å². The molecule has 11 nitrogen and oxygen atoms in total. The summed E-state index contributed by atoms with van der Waals surface area (Å²) in [7, 11) is -9.52. The van der Waals surface area contributed by atoms with Crippen molar-refractivity contribution >= 4 is 33.3 Å². The van der Waals surface area contributed by atoms with E-state index in [1.54, 1.807) is 0 Å². The Morgan fingerprint density at radius 2 is 1.05 bits per heavy atom. The number of rotatable bonds is 13. The van der Waals surface area contributed by atoms with Crippen molar-refractivity contribution in [1.29, 1.82) is 0 Å². The van der Waals surface area contributed by atoms with Crippen LogP contribution in [0.4, 0.5) is 0 Å². The van der Waals surface area contributed by atoms with Crippen molar-refractivity contribution in [3.05, 3.63) is 0 Å². The van der Waals surface area contributed by atoms with Gasteiger partial charge in [-0.15, -0.1) is 0 Å². The van der Waals surface area contributed by atoms with Crippen LogP contribution in [-0.4, -0.2) is 119 Å². The third-order valence-corrected chi connectivity index (χ3v) is 32.4. The number of hydrogen-bond acceptors (Lipinski definition) is 11. The second-order valence-corrected chi connectivity index (χ2v) is 43.3. The SMILES string of the molecule is CC1(C)O[C@H]2O[C@H]([C@H]3COC(C)(C)O3)[C@H](O[C@@H]3O[C@@H]([C@@H](CO[Si](C)(C)C(C)(C)C)O[Si](C)(C)C(C)(C)C)[C@H](O[Si](C)(C)C(C)(C)C)[C@H]3O[Si](C)(C)C(C)(C)C)[C@H]2O1. The van der Waals surface area contributed by atoms with Crippen molar-refractivity contribution < 1.29 is 50.9 Å². The van der Waals surface area contributed by atoms with Gasteiger partial charge in [0, 0.05) is 0 Å². The van der Waals surface area contributed by atoms with Crippen LogP contribution >= 0.6 is 0 Å². The van der Waals surface area contributed by atoms with Crippen LogP contribution in [0.25, 0.3) is 0 Å². The van der Waals surface area contributed by atoms with Crippen LogP contribution < -0.4 is 0 Å². The average molecular weight is 879 g/mol. The minimum Gasteiger partial charge on any atom is -0.414 e. The monoisotopic (exact) mass is 879 g/mol. The van der Waals surface area contributed by atoms with Crippen LogP contribution in [-0.2, 0) is 50.9 Å². The fourth-order valence-electron chi connectivity index (χ4n) is 6.60. The second-order valence-electron chi connectivity index (χ2n) is 24.2. The van der Waals surface area contributed by atoms with Crippen molar-refractivity contribution in [3.63, 3.8) is 0 Å². The first-order valence-corrected chi connectivity index (χ1v) is 33.2. The van der Waals surface area contributed by atoms with E-state index in [4.69, 9.17) is 50.9 Å². The Balaban J connectivity index is 1.89. The lowest BCUT2D eigenvalue weighted by atomic mass is 10.0. The lowest BCUT2D eigenvalue weighted by Crippen LogP contribution is -2.58. The zero-order valence-corrected chi connectivity index (χ0v) is 44.7. The molecule has 4 aliphatic rings. The molecular weight excluding hydrogens is 793 g/mol. The first kappa shape index (κ1) is 50.1. The Kier molecular flexibility index (Phi) is 14.2. The highest BCUT2D eigenvalue weighted by molar-refractivity contribution is 6.75. The van der Waals surface area contributed by atoms with Gasteiger partial charge in [0.2, 0.25) is 0 Å². The Labute approximate surface area is 352 Å². The van der Waals surface area contributed by atoms with Gasteiger partial charge in [0.25, 0.3) is 0 Å². The second kappa shape index (κ2) is 16.2. The highest BCUT2D eigenvalue weighted by Gasteiger charge is 2.63. The average Bonchev–Trinajstić information content (AvgIpc) is 3.69. The van der Waals surface area contributed by atoms with Crippen molar-refractivity contribution in [1.82, 2.24) is 0 Å². The fraction of sp³-hybridized carbons (Fsp3) is 1.00. The predicted molar refractivity (Wildman–Crippen MR) is 236 cm³/mol. The molecule has 0 unspecified atom stereocenters. The van der Waals surface area contributed by atoms with Gasteiger partial charge in [-0.1, -0.05) is 83.1 Å². The quantitative estimate of drug-likeness (QED) is 0.165. The minimum atomic E-state index is -2.47. The van der Waals surface area contributed by atoms with Crippen molar-refractivity contribution in [2.24, 2.45) is 0 Å². The fourth-order valence-corrected chi connectivity index (χ4v) is 11.5. The molecule has 4 fully saturated rings. The summed E-state index contributed by atoms with van der Waals surface area (Å²) in [5.74, 6) is -1.62. The maximum Gasteiger partial charge on any atom is 0.192 e. The smallest absolute Gasteiger partial charge is 0.192 e. The highest BCUT2D eigenvalue weighted by atomic mass is 28.4. The summed E-state index contributed by atoms with van der Waals surface area (Å²) in [6, 6.07) is 0. The molecule has 0 aromatic heterocycles. The van der Waals surface area contributed by atoms with Crippen LogP contribution in [0.1, 0.15) is 111 Å². The first-order valence-electron chi connectivity index (χ1n) is 21.5. The van der Waals surface area contributed by atoms with Gasteiger partial charge in [-0.3, -0.25) is 0 Å². The summed E-state index contributed by atoms with van der Waals surface area (Å²) < 4.78 is 76.2. The Hall–Kier alpha value is 0.428. The molecule has 0 saturated carbocycles. The summed E-state index contributed by atoms with van der Waals surface area (Å²) in [6.07, 6.45) is -5.71. The van der Waals surface area contributed by atoms with Gasteiger partial charge in [-0.05, 0) is 100 Å². The van der Waals surface area contributed by atoms with E-state index in [0.717, 1.165) is 0 Å². The molecule has 4 saturated heterocycles. The molecule has 0 aromatic rings. The summed E-state index contributed by atoms with van der Waals surface area (Å²) in [5.41, 5.74) is 0. The minimum absolute atomic E-state index is 0.00741. The normalized spacial score (nSPS) is 33.6. The van der Waals surface area contributed by atoms with E-state index in [0.29, 0.717) is 13.2 Å². The van der Waals surface area contributed by atoms with E-state index in [1.807, 2.05) is 27.7 Å². The third-order valence-electron chi connectivity index (χ3n) is 14.4. The van der Waals surface area contributed by atoms with E-state index < -0.39 is 106 Å². The molecule has 0 aromatic carbocycles. The van der Waals surface area contributed by atoms with E-state index in [-0.39, 0.29) is 20.2 Å². The Morgan fingerprint density at radius 3 is 1.51 bits per heavy atom. The summed E-state index contributed by atoms with van der Waals surface area (Å²) in [6.45, 7) is 54.0. The Bertz CT molecular complexity index is 1380. The molecule has 15 heteroatoms.